The number of amides is 1. The largest absolute Gasteiger partial charge is 0.448 e. The Morgan fingerprint density at radius 3 is 2.48 bits per heavy atom. The van der Waals surface area contributed by atoms with Crippen molar-refractivity contribution in [1.29, 1.82) is 0 Å². The van der Waals surface area contributed by atoms with Gasteiger partial charge in [-0.1, -0.05) is 28.1 Å². The van der Waals surface area contributed by atoms with Crippen LogP contribution >= 0.6 is 15.9 Å². The van der Waals surface area contributed by atoms with Gasteiger partial charge in [-0.3, -0.25) is 9.78 Å². The van der Waals surface area contributed by atoms with Gasteiger partial charge in [0.25, 0.3) is 5.91 Å². The Morgan fingerprint density at radius 1 is 1.08 bits per heavy atom. The highest BCUT2D eigenvalue weighted by Crippen LogP contribution is 2.15. The lowest BCUT2D eigenvalue weighted by atomic mass is 10.3. The molecule has 0 saturated carbocycles. The molecule has 6 nitrogen and oxygen atoms in total. The lowest BCUT2D eigenvalue weighted by molar-refractivity contribution is -0.123. The second kappa shape index (κ2) is 7.40. The number of carbonyl (C=O) groups is 2. The number of para-hydroxylation sites is 2. The zero-order chi connectivity index (χ0) is 17.8. The van der Waals surface area contributed by atoms with Crippen molar-refractivity contribution in [2.24, 2.45) is 0 Å². The maximum absolute atomic E-state index is 12.2. The van der Waals surface area contributed by atoms with Crippen LogP contribution in [0.5, 0.6) is 0 Å². The highest BCUT2D eigenvalue weighted by atomic mass is 79.9. The average Bonchev–Trinajstić information content (AvgIpc) is 2.63. The molecular weight excluding hydrogens is 386 g/mol. The Kier molecular flexibility index (Phi) is 5.04. The molecule has 0 saturated heterocycles. The highest BCUT2D eigenvalue weighted by Gasteiger charge is 2.20. The molecule has 126 valence electrons. The summed E-state index contributed by atoms with van der Waals surface area (Å²) in [6.45, 7) is 1.50. The molecule has 25 heavy (non-hydrogen) atoms. The van der Waals surface area contributed by atoms with Gasteiger partial charge in [-0.25, -0.2) is 9.78 Å². The number of ether oxygens (including phenoxy) is 1. The maximum Gasteiger partial charge on any atom is 0.359 e. The predicted molar refractivity (Wildman–Crippen MR) is 97.2 cm³/mol. The van der Waals surface area contributed by atoms with Crippen molar-refractivity contribution < 1.29 is 14.3 Å². The second-order valence-electron chi connectivity index (χ2n) is 5.29. The Morgan fingerprint density at radius 2 is 1.76 bits per heavy atom. The average molecular weight is 400 g/mol. The van der Waals surface area contributed by atoms with Gasteiger partial charge in [-0.15, -0.1) is 0 Å². The van der Waals surface area contributed by atoms with Crippen molar-refractivity contribution in [3.8, 4) is 0 Å². The summed E-state index contributed by atoms with van der Waals surface area (Å²) in [5.74, 6) is -1.12. The van der Waals surface area contributed by atoms with Gasteiger partial charge in [0, 0.05) is 10.2 Å². The van der Waals surface area contributed by atoms with Crippen LogP contribution in [0.4, 0.5) is 5.69 Å². The Hall–Kier alpha value is -2.80. The molecule has 1 aromatic heterocycles. The molecule has 2 aromatic carbocycles. The van der Waals surface area contributed by atoms with Crippen LogP contribution in [0, 0.1) is 0 Å². The van der Waals surface area contributed by atoms with Crippen LogP contribution in [0.15, 0.2) is 59.2 Å². The number of aromatic nitrogens is 2. The maximum atomic E-state index is 12.2. The summed E-state index contributed by atoms with van der Waals surface area (Å²) in [4.78, 5) is 32.7. The number of halogens is 1. The third kappa shape index (κ3) is 4.19. The van der Waals surface area contributed by atoms with Crippen LogP contribution < -0.4 is 5.32 Å². The fourth-order valence-corrected chi connectivity index (χ4v) is 2.37. The van der Waals surface area contributed by atoms with Gasteiger partial charge in [0.05, 0.1) is 17.2 Å². The van der Waals surface area contributed by atoms with Crippen LogP contribution in [0.2, 0.25) is 0 Å². The van der Waals surface area contributed by atoms with E-state index in [2.05, 4.69) is 31.2 Å². The number of anilines is 1. The molecule has 0 aliphatic heterocycles. The summed E-state index contributed by atoms with van der Waals surface area (Å²) >= 11 is 3.32. The molecule has 3 aromatic rings. The van der Waals surface area contributed by atoms with Crippen LogP contribution in [-0.2, 0) is 9.53 Å². The van der Waals surface area contributed by atoms with Gasteiger partial charge in [-0.05, 0) is 43.3 Å². The van der Waals surface area contributed by atoms with Crippen molar-refractivity contribution in [3.05, 3.63) is 64.9 Å². The molecule has 7 heteroatoms. The summed E-state index contributed by atoms with van der Waals surface area (Å²) < 4.78 is 6.08. The first kappa shape index (κ1) is 17.0. The Balaban J connectivity index is 1.66. The molecule has 1 heterocycles. The number of hydrogen-bond acceptors (Lipinski definition) is 5. The van der Waals surface area contributed by atoms with E-state index >= 15 is 0 Å². The number of carbonyl (C=O) groups excluding carboxylic acids is 2. The van der Waals surface area contributed by atoms with E-state index in [1.807, 2.05) is 6.07 Å². The topological polar surface area (TPSA) is 81.2 Å². The zero-order valence-electron chi connectivity index (χ0n) is 13.3. The highest BCUT2D eigenvalue weighted by molar-refractivity contribution is 9.10. The lowest BCUT2D eigenvalue weighted by Crippen LogP contribution is -2.30. The molecule has 0 fully saturated rings. The summed E-state index contributed by atoms with van der Waals surface area (Å²) in [5.41, 5.74) is 1.94. The lowest BCUT2D eigenvalue weighted by Gasteiger charge is -2.13. The summed E-state index contributed by atoms with van der Waals surface area (Å²) in [7, 11) is 0. The van der Waals surface area contributed by atoms with E-state index in [9.17, 15) is 9.59 Å². The SMILES string of the molecule is CC(OC(=O)c1cnc2ccccc2n1)C(=O)Nc1ccc(Br)cc1. The quantitative estimate of drug-likeness (QED) is 0.678. The van der Waals surface area contributed by atoms with E-state index in [0.29, 0.717) is 16.7 Å². The van der Waals surface area contributed by atoms with Gasteiger partial charge in [0.2, 0.25) is 0 Å². The molecule has 3 rings (SSSR count). The number of esters is 1. The molecule has 0 aliphatic rings. The van der Waals surface area contributed by atoms with Crippen molar-refractivity contribution in [2.45, 2.75) is 13.0 Å². The minimum atomic E-state index is -0.968. The molecule has 0 aliphatic carbocycles. The normalized spacial score (nSPS) is 11.8. The Labute approximate surface area is 152 Å². The van der Waals surface area contributed by atoms with E-state index in [1.165, 1.54) is 13.1 Å². The van der Waals surface area contributed by atoms with Crippen LogP contribution in [0.3, 0.4) is 0 Å². The molecular formula is C18H14BrN3O3. The number of nitrogens with one attached hydrogen (secondary N) is 1. The van der Waals surface area contributed by atoms with Crippen LogP contribution in [-0.4, -0.2) is 27.9 Å². The monoisotopic (exact) mass is 399 g/mol. The minimum Gasteiger partial charge on any atom is -0.448 e. The molecule has 1 atom stereocenters. The first-order chi connectivity index (χ1) is 12.0. The van der Waals surface area contributed by atoms with Crippen molar-refractivity contribution in [1.82, 2.24) is 9.97 Å². The van der Waals surface area contributed by atoms with Crippen LogP contribution in [0.25, 0.3) is 11.0 Å². The number of hydrogen-bond donors (Lipinski definition) is 1. The molecule has 0 spiro atoms. The van der Waals surface area contributed by atoms with Gasteiger partial charge in [-0.2, -0.15) is 0 Å². The van der Waals surface area contributed by atoms with E-state index in [0.717, 1.165) is 4.47 Å². The van der Waals surface area contributed by atoms with E-state index in [-0.39, 0.29) is 5.69 Å². The van der Waals surface area contributed by atoms with Gasteiger partial charge in [0.15, 0.2) is 11.8 Å². The number of nitrogens with zero attached hydrogens (tertiary/aromatic N) is 2. The molecule has 1 unspecified atom stereocenters. The minimum absolute atomic E-state index is 0.0574. The summed E-state index contributed by atoms with van der Waals surface area (Å²) in [5, 5.41) is 2.68. The van der Waals surface area contributed by atoms with Crippen molar-refractivity contribution in [3.63, 3.8) is 0 Å². The van der Waals surface area contributed by atoms with E-state index in [1.54, 1.807) is 42.5 Å². The molecule has 1 amide bonds. The Bertz CT molecular complexity index is 928. The number of benzene rings is 2. The van der Waals surface area contributed by atoms with Crippen molar-refractivity contribution >= 4 is 44.5 Å². The summed E-state index contributed by atoms with van der Waals surface area (Å²) in [6, 6.07) is 14.3. The molecule has 0 radical (unpaired) electrons. The number of rotatable bonds is 4. The predicted octanol–water partition coefficient (Wildman–Crippen LogP) is 3.58. The first-order valence-corrected chi connectivity index (χ1v) is 8.31. The molecule has 1 N–H and O–H groups in total. The van der Waals surface area contributed by atoms with Crippen LogP contribution in [0.1, 0.15) is 17.4 Å². The summed E-state index contributed by atoms with van der Waals surface area (Å²) in [6.07, 6.45) is 0.369. The molecule has 0 bridgehead atoms. The standard InChI is InChI=1S/C18H14BrN3O3/c1-11(17(23)21-13-8-6-12(19)7-9-13)25-18(24)16-10-20-14-4-2-3-5-15(14)22-16/h2-11H,1H3,(H,21,23). The van der Waals surface area contributed by atoms with E-state index in [4.69, 9.17) is 4.74 Å². The fraction of sp³-hybridized carbons (Fsp3) is 0.111. The smallest absolute Gasteiger partial charge is 0.359 e. The third-order valence-corrected chi connectivity index (χ3v) is 3.95. The van der Waals surface area contributed by atoms with E-state index < -0.39 is 18.0 Å². The fourth-order valence-electron chi connectivity index (χ4n) is 2.11. The zero-order valence-corrected chi connectivity index (χ0v) is 14.9. The van der Waals surface area contributed by atoms with Gasteiger partial charge < -0.3 is 10.1 Å². The second-order valence-corrected chi connectivity index (χ2v) is 6.20. The van der Waals surface area contributed by atoms with Gasteiger partial charge >= 0.3 is 5.97 Å². The third-order valence-electron chi connectivity index (χ3n) is 3.42. The van der Waals surface area contributed by atoms with Crippen molar-refractivity contribution in [2.75, 3.05) is 5.32 Å². The first-order valence-electron chi connectivity index (χ1n) is 7.52. The number of fused-ring (bicyclic) bond motifs is 1. The van der Waals surface area contributed by atoms with Gasteiger partial charge in [0.1, 0.15) is 0 Å².